The van der Waals surface area contributed by atoms with Crippen LogP contribution in [-0.4, -0.2) is 66.3 Å². The van der Waals surface area contributed by atoms with Crippen LogP contribution in [-0.2, 0) is 20.0 Å². The molecule has 0 radical (unpaired) electrons. The van der Waals surface area contributed by atoms with Crippen molar-refractivity contribution in [2.45, 2.75) is 99.2 Å². The van der Waals surface area contributed by atoms with Crippen LogP contribution in [0.4, 0.5) is 0 Å². The van der Waals surface area contributed by atoms with Gasteiger partial charge in [0.2, 0.25) is 0 Å². The molecule has 2 aliphatic carbocycles. The molecule has 4 aliphatic rings. The third kappa shape index (κ3) is 4.94. The van der Waals surface area contributed by atoms with Crippen molar-refractivity contribution >= 4 is 31.7 Å². The Hall–Kier alpha value is -3.57. The van der Waals surface area contributed by atoms with Crippen LogP contribution in [0.5, 0.6) is 0 Å². The van der Waals surface area contributed by atoms with Crippen molar-refractivity contribution in [1.82, 2.24) is 13.6 Å². The van der Waals surface area contributed by atoms with Crippen LogP contribution in [0.2, 0.25) is 0 Å². The molecule has 4 atom stereocenters. The summed E-state index contributed by atoms with van der Waals surface area (Å²) in [5, 5.41) is 0. The number of sulfonamides is 2. The van der Waals surface area contributed by atoms with Crippen molar-refractivity contribution in [3.05, 3.63) is 89.2 Å². The zero-order valence-corrected chi connectivity index (χ0v) is 26.6. The summed E-state index contributed by atoms with van der Waals surface area (Å²) in [6.45, 7) is 3.85. The van der Waals surface area contributed by atoms with E-state index < -0.39 is 20.0 Å². The molecule has 0 amide bonds. The van der Waals surface area contributed by atoms with E-state index in [2.05, 4.69) is 0 Å². The Balaban J connectivity index is 1.31. The highest BCUT2D eigenvalue weighted by molar-refractivity contribution is 7.90. The summed E-state index contributed by atoms with van der Waals surface area (Å²) >= 11 is 0. The van der Waals surface area contributed by atoms with E-state index in [1.54, 1.807) is 66.7 Å². The number of benzene rings is 2. The van der Waals surface area contributed by atoms with E-state index in [1.165, 1.54) is 8.61 Å². The minimum absolute atomic E-state index is 0.144. The first kappa shape index (κ1) is 29.2. The summed E-state index contributed by atoms with van der Waals surface area (Å²) in [7, 11) is -7.84. The minimum atomic E-state index is -3.92. The highest BCUT2D eigenvalue weighted by atomic mass is 32.2. The molecule has 2 saturated carbocycles. The van der Waals surface area contributed by atoms with Gasteiger partial charge in [-0.25, -0.2) is 30.4 Å². The first-order valence-electron chi connectivity index (χ1n) is 15.5. The van der Waals surface area contributed by atoms with Crippen molar-refractivity contribution in [2.24, 2.45) is 9.98 Å². The van der Waals surface area contributed by atoms with Crippen molar-refractivity contribution in [1.29, 1.82) is 0 Å². The van der Waals surface area contributed by atoms with E-state index in [1.807, 2.05) is 13.8 Å². The van der Waals surface area contributed by atoms with Crippen LogP contribution < -0.4 is 0 Å². The number of hydrogen-bond acceptors (Lipinski definition) is 7. The third-order valence-corrected chi connectivity index (χ3v) is 13.0. The van der Waals surface area contributed by atoms with Gasteiger partial charge >= 0.3 is 0 Å². The Morgan fingerprint density at radius 3 is 1.36 bits per heavy atom. The lowest BCUT2D eigenvalue weighted by Gasteiger charge is -2.32. The van der Waals surface area contributed by atoms with Gasteiger partial charge in [-0.1, -0.05) is 67.1 Å². The maximum absolute atomic E-state index is 14.2. The van der Waals surface area contributed by atoms with Gasteiger partial charge in [-0.3, -0.25) is 9.98 Å². The molecular formula is C33H37N5O4S2. The molecule has 2 aromatic carbocycles. The zero-order valence-electron chi connectivity index (χ0n) is 25.0. The normalized spacial score (nSPS) is 25.3. The van der Waals surface area contributed by atoms with Crippen LogP contribution in [0.25, 0.3) is 0 Å². The summed E-state index contributed by atoms with van der Waals surface area (Å²) in [5.41, 5.74) is 2.76. The summed E-state index contributed by atoms with van der Waals surface area (Å²) in [5.74, 6) is 0.626. The summed E-state index contributed by atoms with van der Waals surface area (Å²) in [4.78, 5) is 15.3. The average Bonchev–Trinajstić information content (AvgIpc) is 3.62. The molecule has 2 fully saturated rings. The fourth-order valence-electron chi connectivity index (χ4n) is 7.05. The molecule has 0 bridgehead atoms. The summed E-state index contributed by atoms with van der Waals surface area (Å²) in [6, 6.07) is 18.3. The number of fused-ring (bicyclic) bond motifs is 2. The van der Waals surface area contributed by atoms with Crippen molar-refractivity contribution in [2.75, 3.05) is 0 Å². The molecular weight excluding hydrogens is 595 g/mol. The number of aromatic nitrogens is 1. The third-order valence-electron chi connectivity index (χ3n) is 9.35. The Labute approximate surface area is 259 Å². The maximum Gasteiger partial charge on any atom is 0.265 e. The van der Waals surface area contributed by atoms with E-state index in [0.717, 1.165) is 62.5 Å². The van der Waals surface area contributed by atoms with Gasteiger partial charge < -0.3 is 0 Å². The molecule has 44 heavy (non-hydrogen) atoms. The lowest BCUT2D eigenvalue weighted by Crippen LogP contribution is -2.46. The Morgan fingerprint density at radius 1 is 0.568 bits per heavy atom. The maximum atomic E-state index is 14.2. The summed E-state index contributed by atoms with van der Waals surface area (Å²) in [6.07, 6.45) is 6.93. The van der Waals surface area contributed by atoms with E-state index in [-0.39, 0.29) is 34.0 Å². The number of aliphatic imine (C=N–C) groups is 2. The highest BCUT2D eigenvalue weighted by Crippen LogP contribution is 2.38. The molecule has 0 saturated heterocycles. The largest absolute Gasteiger partial charge is 0.265 e. The Bertz CT molecular complexity index is 1720. The Morgan fingerprint density at radius 2 is 0.955 bits per heavy atom. The zero-order chi connectivity index (χ0) is 30.6. The quantitative estimate of drug-likeness (QED) is 0.370. The number of hydrogen-bond donors (Lipinski definition) is 0. The number of aryl methyl sites for hydroxylation is 2. The summed E-state index contributed by atoms with van der Waals surface area (Å²) < 4.78 is 59.6. The molecule has 1 aromatic heterocycles. The van der Waals surface area contributed by atoms with Gasteiger partial charge in [0.25, 0.3) is 20.0 Å². The number of pyridine rings is 1. The number of rotatable bonds is 6. The minimum Gasteiger partial charge on any atom is -0.260 e. The standard InChI is InChI=1S/C33H37N5O4S2/c1-22-14-18-24(19-15-22)43(39,40)37-30-12-5-3-8-26(30)35-32(37)28-10-7-11-29(34-28)33-36-27-9-4-6-13-31(27)38(33)44(41,42)25-20-16-23(2)17-21-25/h7,10-11,14-21,26-27,30-31H,3-6,8-9,12-13H2,1-2H3/t26-,27-,30-,31-/m1/s1. The van der Waals surface area contributed by atoms with E-state index in [0.29, 0.717) is 23.1 Å². The van der Waals surface area contributed by atoms with Crippen LogP contribution in [0, 0.1) is 13.8 Å². The van der Waals surface area contributed by atoms with Gasteiger partial charge in [0.1, 0.15) is 11.4 Å². The molecule has 0 spiro atoms. The highest BCUT2D eigenvalue weighted by Gasteiger charge is 2.47. The van der Waals surface area contributed by atoms with Gasteiger partial charge in [-0.05, 0) is 75.9 Å². The molecule has 230 valence electrons. The fraction of sp³-hybridized carbons (Fsp3) is 0.424. The van der Waals surface area contributed by atoms with Gasteiger partial charge in [0.05, 0.1) is 34.0 Å². The number of amidine groups is 2. The first-order chi connectivity index (χ1) is 21.1. The monoisotopic (exact) mass is 631 g/mol. The Kier molecular flexibility index (Phi) is 7.36. The molecule has 0 N–H and O–H groups in total. The van der Waals surface area contributed by atoms with Crippen LogP contribution in [0.15, 0.2) is 86.5 Å². The second kappa shape index (κ2) is 11.1. The van der Waals surface area contributed by atoms with Crippen molar-refractivity contribution in [3.8, 4) is 0 Å². The van der Waals surface area contributed by atoms with E-state index in [4.69, 9.17) is 15.0 Å². The molecule has 9 nitrogen and oxygen atoms in total. The average molecular weight is 632 g/mol. The molecule has 2 aliphatic heterocycles. The van der Waals surface area contributed by atoms with Crippen molar-refractivity contribution in [3.63, 3.8) is 0 Å². The first-order valence-corrected chi connectivity index (χ1v) is 18.4. The van der Waals surface area contributed by atoms with Crippen molar-refractivity contribution < 1.29 is 16.8 Å². The van der Waals surface area contributed by atoms with E-state index in [9.17, 15) is 16.8 Å². The van der Waals surface area contributed by atoms with Crippen LogP contribution in [0.3, 0.4) is 0 Å². The smallest absolute Gasteiger partial charge is 0.260 e. The lowest BCUT2D eigenvalue weighted by molar-refractivity contribution is 0.315. The molecule has 3 heterocycles. The predicted molar refractivity (Wildman–Crippen MR) is 170 cm³/mol. The SMILES string of the molecule is Cc1ccc(S(=O)(=O)N2C(c3cccc(C4=N[C@@H]5CCCC[C@H]5N4S(=O)(=O)c4ccc(C)cc4)n3)=N[C@@H]3CCCC[C@H]32)cc1. The topological polar surface area (TPSA) is 112 Å². The van der Waals surface area contributed by atoms with Crippen LogP contribution in [0.1, 0.15) is 73.9 Å². The molecule has 11 heteroatoms. The van der Waals surface area contributed by atoms with Gasteiger partial charge in [0.15, 0.2) is 11.7 Å². The fourth-order valence-corrected chi connectivity index (χ4v) is 10.4. The molecule has 3 aromatic rings. The van der Waals surface area contributed by atoms with Gasteiger partial charge in [0, 0.05) is 0 Å². The molecule has 7 rings (SSSR count). The van der Waals surface area contributed by atoms with Gasteiger partial charge in [-0.15, -0.1) is 0 Å². The van der Waals surface area contributed by atoms with Gasteiger partial charge in [-0.2, -0.15) is 0 Å². The second-order valence-corrected chi connectivity index (χ2v) is 16.0. The molecule has 0 unspecified atom stereocenters. The van der Waals surface area contributed by atoms with E-state index >= 15 is 0 Å². The second-order valence-electron chi connectivity index (χ2n) is 12.4. The predicted octanol–water partition coefficient (Wildman–Crippen LogP) is 5.22. The lowest BCUT2D eigenvalue weighted by atomic mass is 9.92. The number of nitrogens with zero attached hydrogens (tertiary/aromatic N) is 5. The van der Waals surface area contributed by atoms with Crippen LogP contribution >= 0.6 is 0 Å².